The zero-order chi connectivity index (χ0) is 16.9. The lowest BCUT2D eigenvalue weighted by molar-refractivity contribution is -0.152. The van der Waals surface area contributed by atoms with Crippen LogP contribution in [0.3, 0.4) is 0 Å². The average Bonchev–Trinajstić information content (AvgIpc) is 2.86. The summed E-state index contributed by atoms with van der Waals surface area (Å²) in [4.78, 5) is 16.6. The minimum absolute atomic E-state index is 0.0313. The van der Waals surface area contributed by atoms with E-state index in [0.717, 1.165) is 17.4 Å². The smallest absolute Gasteiger partial charge is 0.450 e. The molecule has 0 aliphatic heterocycles. The Morgan fingerprint density at radius 3 is 2.52 bits per heavy atom. The van der Waals surface area contributed by atoms with Gasteiger partial charge in [-0.05, 0) is 25.5 Å². The van der Waals surface area contributed by atoms with E-state index in [1.54, 1.807) is 19.2 Å². The van der Waals surface area contributed by atoms with Crippen molar-refractivity contribution in [1.29, 1.82) is 0 Å². The van der Waals surface area contributed by atoms with Gasteiger partial charge in [0.1, 0.15) is 21.9 Å². The maximum absolute atomic E-state index is 13.3. The predicted octanol–water partition coefficient (Wildman–Crippen LogP) is 4.26. The maximum atomic E-state index is 13.3. The summed E-state index contributed by atoms with van der Waals surface area (Å²) in [7, 11) is 0. The number of benzene rings is 1. The Bertz CT molecular complexity index is 972. The summed E-state index contributed by atoms with van der Waals surface area (Å²) in [5, 5.41) is 11.1. The van der Waals surface area contributed by atoms with Crippen LogP contribution in [0.2, 0.25) is 0 Å². The highest BCUT2D eigenvalue weighted by Gasteiger charge is 2.40. The maximum Gasteiger partial charge on any atom is 0.450 e. The second-order valence-corrected chi connectivity index (χ2v) is 5.92. The number of thiazole rings is 1. The van der Waals surface area contributed by atoms with Gasteiger partial charge in [-0.3, -0.25) is 4.79 Å². The van der Waals surface area contributed by atoms with Crippen LogP contribution >= 0.6 is 11.3 Å². The number of fused-ring (bicyclic) bond motifs is 1. The molecule has 0 atom stereocenters. The van der Waals surface area contributed by atoms with Gasteiger partial charge in [0.2, 0.25) is 11.2 Å². The number of rotatable bonds is 1. The van der Waals surface area contributed by atoms with Crippen molar-refractivity contribution >= 4 is 22.3 Å². The quantitative estimate of drug-likeness (QED) is 0.718. The van der Waals surface area contributed by atoms with Crippen molar-refractivity contribution in [3.63, 3.8) is 0 Å². The Balaban J connectivity index is 2.47. The van der Waals surface area contributed by atoms with Crippen LogP contribution in [0, 0.1) is 13.8 Å². The number of aryl methyl sites for hydroxylation is 2. The third-order valence-corrected chi connectivity index (χ3v) is 4.28. The first-order valence-electron chi connectivity index (χ1n) is 6.48. The van der Waals surface area contributed by atoms with Crippen LogP contribution in [-0.4, -0.2) is 10.1 Å². The molecule has 2 heterocycles. The topological polar surface area (TPSA) is 63.3 Å². The van der Waals surface area contributed by atoms with Crippen molar-refractivity contribution < 1.29 is 22.7 Å². The van der Waals surface area contributed by atoms with Crippen LogP contribution < -0.4 is 5.43 Å². The summed E-state index contributed by atoms with van der Waals surface area (Å²) < 4.78 is 44.9. The van der Waals surface area contributed by atoms with E-state index < -0.39 is 22.9 Å². The van der Waals surface area contributed by atoms with Gasteiger partial charge in [-0.25, -0.2) is 4.98 Å². The summed E-state index contributed by atoms with van der Waals surface area (Å²) in [5.74, 6) is -1.65. The van der Waals surface area contributed by atoms with Crippen molar-refractivity contribution in [2.24, 2.45) is 0 Å². The molecule has 120 valence electrons. The van der Waals surface area contributed by atoms with Gasteiger partial charge < -0.3 is 9.52 Å². The second-order valence-electron chi connectivity index (χ2n) is 5.06. The van der Waals surface area contributed by atoms with Crippen LogP contribution in [0.25, 0.3) is 21.5 Å². The molecule has 8 heteroatoms. The number of phenols is 1. The van der Waals surface area contributed by atoms with Crippen molar-refractivity contribution in [2.75, 3.05) is 0 Å². The van der Waals surface area contributed by atoms with Crippen LogP contribution in [0.15, 0.2) is 26.7 Å². The molecule has 1 aromatic carbocycles. The molecular formula is C15H10F3NO3S. The lowest BCUT2D eigenvalue weighted by atomic mass is 10.1. The summed E-state index contributed by atoms with van der Waals surface area (Å²) in [6.07, 6.45) is -4.86. The van der Waals surface area contributed by atoms with E-state index in [2.05, 4.69) is 4.98 Å². The van der Waals surface area contributed by atoms with Gasteiger partial charge in [-0.2, -0.15) is 13.2 Å². The summed E-state index contributed by atoms with van der Waals surface area (Å²) in [5.41, 5.74) is -0.864. The highest BCUT2D eigenvalue weighted by molar-refractivity contribution is 7.13. The summed E-state index contributed by atoms with van der Waals surface area (Å²) >= 11 is 0.942. The van der Waals surface area contributed by atoms with Crippen LogP contribution in [0.1, 0.15) is 17.0 Å². The van der Waals surface area contributed by atoms with E-state index in [1.807, 2.05) is 0 Å². The Morgan fingerprint density at radius 2 is 1.96 bits per heavy atom. The van der Waals surface area contributed by atoms with Crippen molar-refractivity contribution in [3.05, 3.63) is 44.8 Å². The number of aromatic nitrogens is 1. The molecule has 0 spiro atoms. The summed E-state index contributed by atoms with van der Waals surface area (Å²) in [6, 6.07) is 2.32. The van der Waals surface area contributed by atoms with Gasteiger partial charge in [0.25, 0.3) is 0 Å². The molecule has 2 aromatic heterocycles. The minimum Gasteiger partial charge on any atom is -0.508 e. The van der Waals surface area contributed by atoms with Crippen LogP contribution in [0.4, 0.5) is 13.2 Å². The number of hydrogen-bond donors (Lipinski definition) is 1. The van der Waals surface area contributed by atoms with Gasteiger partial charge in [-0.1, -0.05) is 0 Å². The zero-order valence-corrected chi connectivity index (χ0v) is 12.8. The fraction of sp³-hybridized carbons (Fsp3) is 0.200. The normalized spacial score (nSPS) is 12.0. The molecule has 0 saturated heterocycles. The predicted molar refractivity (Wildman–Crippen MR) is 79.7 cm³/mol. The van der Waals surface area contributed by atoms with Gasteiger partial charge in [0, 0.05) is 17.1 Å². The largest absolute Gasteiger partial charge is 0.508 e. The molecule has 23 heavy (non-hydrogen) atoms. The van der Waals surface area contributed by atoms with E-state index >= 15 is 0 Å². The number of halogens is 3. The van der Waals surface area contributed by atoms with Crippen molar-refractivity contribution in [3.8, 4) is 16.3 Å². The molecule has 0 aliphatic rings. The minimum atomic E-state index is -4.86. The van der Waals surface area contributed by atoms with Crippen molar-refractivity contribution in [1.82, 2.24) is 4.98 Å². The van der Waals surface area contributed by atoms with E-state index in [0.29, 0.717) is 11.3 Å². The highest BCUT2D eigenvalue weighted by atomic mass is 32.1. The number of nitrogens with zero attached hydrogens (tertiary/aromatic N) is 1. The fourth-order valence-electron chi connectivity index (χ4n) is 2.20. The van der Waals surface area contributed by atoms with E-state index in [-0.39, 0.29) is 21.7 Å². The number of hydrogen-bond acceptors (Lipinski definition) is 5. The highest BCUT2D eigenvalue weighted by Crippen LogP contribution is 2.38. The van der Waals surface area contributed by atoms with Gasteiger partial charge in [-0.15, -0.1) is 11.3 Å². The lowest BCUT2D eigenvalue weighted by Crippen LogP contribution is -2.16. The molecule has 0 fully saturated rings. The molecule has 0 amide bonds. The van der Waals surface area contributed by atoms with Crippen LogP contribution in [-0.2, 0) is 6.18 Å². The molecule has 0 unspecified atom stereocenters. The van der Waals surface area contributed by atoms with E-state index in [4.69, 9.17) is 4.42 Å². The monoisotopic (exact) mass is 341 g/mol. The molecule has 0 saturated carbocycles. The molecule has 4 nitrogen and oxygen atoms in total. The molecule has 3 aromatic rings. The average molecular weight is 341 g/mol. The SMILES string of the molecule is Cc1csc(-c2c(C(F)(F)F)oc3cc(O)c(C)cc3c2=O)n1. The van der Waals surface area contributed by atoms with Gasteiger partial charge in [0.15, 0.2) is 0 Å². The first kappa shape index (κ1) is 15.5. The Morgan fingerprint density at radius 1 is 1.26 bits per heavy atom. The van der Waals surface area contributed by atoms with Gasteiger partial charge in [0.05, 0.1) is 5.39 Å². The Hall–Kier alpha value is -2.35. The van der Waals surface area contributed by atoms with Crippen LogP contribution in [0.5, 0.6) is 5.75 Å². The van der Waals surface area contributed by atoms with Gasteiger partial charge >= 0.3 is 6.18 Å². The third kappa shape index (κ3) is 2.59. The molecule has 1 N–H and O–H groups in total. The number of alkyl halides is 3. The fourth-order valence-corrected chi connectivity index (χ4v) is 3.04. The first-order valence-corrected chi connectivity index (χ1v) is 7.36. The standard InChI is InChI=1S/C15H10F3NO3S/c1-6-3-8-10(4-9(6)20)22-13(15(16,17)18)11(12(8)21)14-19-7(2)5-23-14/h3-5,20H,1-2H3. The zero-order valence-electron chi connectivity index (χ0n) is 12.0. The lowest BCUT2D eigenvalue weighted by Gasteiger charge is -2.11. The molecule has 0 radical (unpaired) electrons. The van der Waals surface area contributed by atoms with E-state index in [9.17, 15) is 23.1 Å². The number of phenolic OH excluding ortho intramolecular Hbond substituents is 1. The summed E-state index contributed by atoms with van der Waals surface area (Å²) in [6.45, 7) is 3.16. The van der Waals surface area contributed by atoms with Crippen molar-refractivity contribution in [2.45, 2.75) is 20.0 Å². The molecule has 3 rings (SSSR count). The Kier molecular flexibility index (Phi) is 3.44. The first-order chi connectivity index (χ1) is 10.7. The second kappa shape index (κ2) is 5.09. The number of aromatic hydroxyl groups is 1. The third-order valence-electron chi connectivity index (χ3n) is 3.30. The van der Waals surface area contributed by atoms with E-state index in [1.165, 1.54) is 6.07 Å². The molecule has 0 bridgehead atoms. The molecular weight excluding hydrogens is 331 g/mol. The molecule has 0 aliphatic carbocycles. The Labute approximate surface area is 131 Å².